The number of esters is 1. The first kappa shape index (κ1) is 50.6. The molecule has 1 heterocycles. The molecule has 0 N–H and O–H groups in total. The number of ether oxygens (including phenoxy) is 3. The summed E-state index contributed by atoms with van der Waals surface area (Å²) in [4.78, 5) is 13.7. The average molecular weight is 868 g/mol. The first-order chi connectivity index (χ1) is 26.6. The maximum absolute atomic E-state index is 13.7. The maximum atomic E-state index is 13.7. The van der Waals surface area contributed by atoms with Crippen molar-refractivity contribution in [1.82, 2.24) is 0 Å². The van der Waals surface area contributed by atoms with Gasteiger partial charge in [0.1, 0.15) is 31.0 Å². The zero-order chi connectivity index (χ0) is 44.1. The molecule has 340 valence electrons. The fourth-order valence-electron chi connectivity index (χ4n) is 14.2. The summed E-state index contributed by atoms with van der Waals surface area (Å²) in [5, 5.41) is 0. The Morgan fingerprint density at radius 2 is 0.845 bits per heavy atom. The van der Waals surface area contributed by atoms with Crippen LogP contribution in [0.5, 0.6) is 0 Å². The van der Waals surface area contributed by atoms with Crippen molar-refractivity contribution in [2.24, 2.45) is 23.2 Å². The third-order valence-corrected chi connectivity index (χ3v) is 34.4. The van der Waals surface area contributed by atoms with Crippen LogP contribution in [-0.2, 0) is 32.3 Å². The van der Waals surface area contributed by atoms with Crippen molar-refractivity contribution in [3.8, 4) is 0 Å². The van der Waals surface area contributed by atoms with E-state index in [-0.39, 0.29) is 18.2 Å². The van der Waals surface area contributed by atoms with Crippen LogP contribution in [0.4, 0.5) is 0 Å². The zero-order valence-electron chi connectivity index (χ0n) is 41.6. The summed E-state index contributed by atoms with van der Waals surface area (Å²) < 4.78 is 46.1. The van der Waals surface area contributed by atoms with Gasteiger partial charge in [-0.15, -0.1) is 0 Å². The highest BCUT2D eigenvalue weighted by Crippen LogP contribution is 2.59. The third kappa shape index (κ3) is 9.69. The van der Waals surface area contributed by atoms with Crippen molar-refractivity contribution in [3.05, 3.63) is 0 Å². The van der Waals surface area contributed by atoms with E-state index in [2.05, 4.69) is 125 Å². The van der Waals surface area contributed by atoms with Gasteiger partial charge in [0.2, 0.25) is 25.0 Å². The molecule has 4 saturated carbocycles. The Kier molecular flexibility index (Phi) is 16.5. The fraction of sp³-hybridized carbons (Fsp3) is 0.979. The minimum Gasteiger partial charge on any atom is -0.462 e. The number of carbonyl (C=O) groups excluding carboxylic acids is 1. The lowest BCUT2D eigenvalue weighted by molar-refractivity contribution is -0.336. The van der Waals surface area contributed by atoms with E-state index in [1.54, 1.807) is 0 Å². The highest BCUT2D eigenvalue weighted by atomic mass is 28.4. The van der Waals surface area contributed by atoms with Crippen LogP contribution in [0.1, 0.15) is 184 Å². The Morgan fingerprint density at radius 3 is 1.16 bits per heavy atom. The molecule has 0 radical (unpaired) electrons. The van der Waals surface area contributed by atoms with E-state index < -0.39 is 61.1 Å². The highest BCUT2D eigenvalue weighted by molar-refractivity contribution is 6.79. The summed E-state index contributed by atoms with van der Waals surface area (Å²) in [6.07, 6.45) is 4.57. The molecule has 0 aromatic rings. The Labute approximate surface area is 361 Å². The summed E-state index contributed by atoms with van der Waals surface area (Å²) in [6.45, 7) is 48.6. The number of carbonyl (C=O) groups is 1. The van der Waals surface area contributed by atoms with Gasteiger partial charge in [-0.05, 0) is 127 Å². The van der Waals surface area contributed by atoms with Crippen LogP contribution in [0.15, 0.2) is 0 Å². The van der Waals surface area contributed by atoms with Crippen LogP contribution in [0.25, 0.3) is 0 Å². The Bertz CT molecular complexity index is 1230. The number of hydrogen-bond acceptors (Lipinski definition) is 7. The van der Waals surface area contributed by atoms with Gasteiger partial charge >= 0.3 is 5.97 Å². The highest BCUT2D eigenvalue weighted by Gasteiger charge is 2.62. The molecule has 0 unspecified atom stereocenters. The van der Waals surface area contributed by atoms with Gasteiger partial charge in [-0.2, -0.15) is 0 Å². The van der Waals surface area contributed by atoms with Crippen molar-refractivity contribution in [3.63, 3.8) is 0 Å². The molecule has 7 nitrogen and oxygen atoms in total. The first-order valence-corrected chi connectivity index (χ1v) is 30.6. The van der Waals surface area contributed by atoms with Gasteiger partial charge in [-0.25, -0.2) is 0 Å². The van der Waals surface area contributed by atoms with Gasteiger partial charge < -0.3 is 27.5 Å². The minimum atomic E-state index is -2.58. The van der Waals surface area contributed by atoms with Gasteiger partial charge in [0.05, 0.1) is 11.0 Å². The molecule has 0 aromatic heterocycles. The smallest absolute Gasteiger partial charge is 0.311 e. The summed E-state index contributed by atoms with van der Waals surface area (Å²) in [6, 6.07) is 0. The van der Waals surface area contributed by atoms with E-state index in [4.69, 9.17) is 27.5 Å². The van der Waals surface area contributed by atoms with Crippen LogP contribution in [0.3, 0.4) is 0 Å². The lowest BCUT2D eigenvalue weighted by atomic mass is 9.54. The number of rotatable bonds is 19. The summed E-state index contributed by atoms with van der Waals surface area (Å²) in [5.41, 5.74) is 2.24. The summed E-state index contributed by atoms with van der Waals surface area (Å²) in [7, 11) is -7.69. The fourth-order valence-corrected chi connectivity index (χ4v) is 30.9. The second kappa shape index (κ2) is 18.9. The van der Waals surface area contributed by atoms with Crippen molar-refractivity contribution < 1.29 is 32.3 Å². The van der Waals surface area contributed by atoms with Crippen LogP contribution in [0, 0.1) is 23.2 Å². The van der Waals surface area contributed by atoms with Crippen molar-refractivity contribution in [1.29, 1.82) is 0 Å². The van der Waals surface area contributed by atoms with Crippen LogP contribution >= 0.6 is 0 Å². The Morgan fingerprint density at radius 1 is 0.534 bits per heavy atom. The first-order valence-electron chi connectivity index (χ1n) is 24.1. The molecule has 0 spiro atoms. The maximum Gasteiger partial charge on any atom is 0.311 e. The molecular formula is C48H94O7Si3. The van der Waals surface area contributed by atoms with Crippen LogP contribution in [0.2, 0.25) is 49.9 Å². The SMILES string of the molecule is CC(C)[Si](O[C@@H]1[C@@H](O[Si](C(C)C)(C(C)C)C(C)C)[C@H](OC23CC4CC(CC(C4)C2)C3)O[C@H](COC(=O)C(C)(C)C)[C@H]1O[Si](C(C)C)(C(C)C)C(C)C)(C(C)C)C(C)C. The average Bonchev–Trinajstić information content (AvgIpc) is 3.05. The molecule has 5 aliphatic rings. The Hall–Kier alpha value is -0.0794. The van der Waals surface area contributed by atoms with Crippen LogP contribution in [-0.4, -0.2) is 73.8 Å². The molecule has 1 aliphatic heterocycles. The van der Waals surface area contributed by atoms with Crippen LogP contribution < -0.4 is 0 Å². The molecule has 5 atom stereocenters. The molecule has 4 bridgehead atoms. The minimum absolute atomic E-state index is 0.0908. The van der Waals surface area contributed by atoms with E-state index in [0.717, 1.165) is 19.3 Å². The third-order valence-electron chi connectivity index (χ3n) is 16.1. The molecule has 5 fully saturated rings. The standard InChI is InChI=1S/C48H94O7Si3/c1-29(2)56(30(3)4,31(5)6)53-42-41(28-50-46(49)47(19,20)21)51-45(52-48-25-38-22-39(26-48)24-40(23-38)27-48)44(55-58(35(13)14,36(15)16)37(17)18)43(42)54-57(32(7)8,33(9)10)34(11)12/h29-45H,22-28H2,1-21H3/t38?,39?,40?,41-,42-,43+,44-,45+,48?/m1/s1. The molecule has 0 amide bonds. The van der Waals surface area contributed by atoms with E-state index in [0.29, 0.717) is 67.6 Å². The number of hydrogen-bond donors (Lipinski definition) is 0. The van der Waals surface area contributed by atoms with Gasteiger partial charge in [0, 0.05) is 0 Å². The molecule has 1 saturated heterocycles. The van der Waals surface area contributed by atoms with E-state index in [1.807, 2.05) is 20.8 Å². The largest absolute Gasteiger partial charge is 0.462 e. The topological polar surface area (TPSA) is 72.5 Å². The van der Waals surface area contributed by atoms with Gasteiger partial charge in [-0.3, -0.25) is 4.79 Å². The molecule has 10 heteroatoms. The summed E-state index contributed by atoms with van der Waals surface area (Å²) >= 11 is 0. The van der Waals surface area contributed by atoms with Crippen molar-refractivity contribution in [2.45, 2.75) is 270 Å². The zero-order valence-corrected chi connectivity index (χ0v) is 44.6. The molecule has 4 aliphatic carbocycles. The predicted molar refractivity (Wildman–Crippen MR) is 249 cm³/mol. The molecular weight excluding hydrogens is 773 g/mol. The van der Waals surface area contributed by atoms with Gasteiger partial charge in [-0.1, -0.05) is 125 Å². The lowest BCUT2D eigenvalue weighted by Crippen LogP contribution is -2.71. The molecule has 5 rings (SSSR count). The lowest BCUT2D eigenvalue weighted by Gasteiger charge is -2.60. The van der Waals surface area contributed by atoms with Crippen molar-refractivity contribution >= 4 is 30.9 Å². The van der Waals surface area contributed by atoms with E-state index in [9.17, 15) is 4.79 Å². The van der Waals surface area contributed by atoms with Gasteiger partial charge in [0.25, 0.3) is 0 Å². The Balaban J connectivity index is 2.06. The van der Waals surface area contributed by atoms with E-state index in [1.165, 1.54) is 19.3 Å². The quantitative estimate of drug-likeness (QED) is 0.0946. The molecule has 0 aromatic carbocycles. The second-order valence-electron chi connectivity index (χ2n) is 23.8. The van der Waals surface area contributed by atoms with Gasteiger partial charge in [0.15, 0.2) is 6.29 Å². The predicted octanol–water partition coefficient (Wildman–Crippen LogP) is 14.0. The van der Waals surface area contributed by atoms with E-state index >= 15 is 0 Å². The summed E-state index contributed by atoms with van der Waals surface area (Å²) in [5.74, 6) is 1.92. The molecule has 58 heavy (non-hydrogen) atoms. The monoisotopic (exact) mass is 867 g/mol. The second-order valence-corrected chi connectivity index (χ2v) is 40.0. The normalized spacial score (nSPS) is 31.2. The van der Waals surface area contributed by atoms with Crippen molar-refractivity contribution in [2.75, 3.05) is 6.61 Å².